The lowest BCUT2D eigenvalue weighted by Gasteiger charge is -2.13. The third kappa shape index (κ3) is 3.76. The lowest BCUT2D eigenvalue weighted by molar-refractivity contribution is 0.0601. The molecule has 3 nitrogen and oxygen atoms in total. The van der Waals surface area contributed by atoms with Crippen molar-refractivity contribution in [3.63, 3.8) is 0 Å². The Bertz CT molecular complexity index is 668. The Kier molecular flexibility index (Phi) is 4.86. The van der Waals surface area contributed by atoms with Gasteiger partial charge in [0.25, 0.3) is 0 Å². The highest BCUT2D eigenvalue weighted by molar-refractivity contribution is 6.30. The van der Waals surface area contributed by atoms with Gasteiger partial charge in [-0.25, -0.2) is 4.79 Å². The average Bonchev–Trinajstić information content (AvgIpc) is 2.46. The molecule has 2 rings (SSSR count). The van der Waals surface area contributed by atoms with Crippen LogP contribution in [-0.4, -0.2) is 13.1 Å². The Morgan fingerprint density at radius 2 is 1.95 bits per heavy atom. The van der Waals surface area contributed by atoms with Gasteiger partial charge in [0, 0.05) is 17.3 Å². The molecular formula is C17H18ClNO2. The SMILES string of the molecule is COC(=O)c1cc(C)ccc1NCc1ccc(Cl)cc1C. The molecule has 0 fully saturated rings. The number of rotatable bonds is 4. The largest absolute Gasteiger partial charge is 0.465 e. The number of halogens is 1. The molecule has 0 unspecified atom stereocenters. The van der Waals surface area contributed by atoms with E-state index in [1.807, 2.05) is 50.2 Å². The summed E-state index contributed by atoms with van der Waals surface area (Å²) in [5.74, 6) is -0.339. The van der Waals surface area contributed by atoms with Crippen LogP contribution >= 0.6 is 11.6 Å². The lowest BCUT2D eigenvalue weighted by atomic mass is 10.1. The highest BCUT2D eigenvalue weighted by atomic mass is 35.5. The molecule has 21 heavy (non-hydrogen) atoms. The maximum Gasteiger partial charge on any atom is 0.339 e. The van der Waals surface area contributed by atoms with Crippen molar-refractivity contribution >= 4 is 23.3 Å². The molecule has 0 heterocycles. The number of esters is 1. The predicted octanol–water partition coefficient (Wildman–Crippen LogP) is 4.36. The average molecular weight is 304 g/mol. The zero-order valence-electron chi connectivity index (χ0n) is 12.4. The summed E-state index contributed by atoms with van der Waals surface area (Å²) in [6, 6.07) is 11.5. The van der Waals surface area contributed by atoms with E-state index in [0.29, 0.717) is 12.1 Å². The number of carbonyl (C=O) groups is 1. The van der Waals surface area contributed by atoms with Crippen molar-refractivity contribution in [1.29, 1.82) is 0 Å². The first kappa shape index (κ1) is 15.4. The molecule has 0 atom stereocenters. The smallest absolute Gasteiger partial charge is 0.339 e. The molecule has 0 bridgehead atoms. The summed E-state index contributed by atoms with van der Waals surface area (Å²) in [4.78, 5) is 11.8. The van der Waals surface area contributed by atoms with Gasteiger partial charge >= 0.3 is 5.97 Å². The summed E-state index contributed by atoms with van der Waals surface area (Å²) in [6.07, 6.45) is 0. The number of hydrogen-bond donors (Lipinski definition) is 1. The fraction of sp³-hybridized carbons (Fsp3) is 0.235. The molecule has 1 N–H and O–H groups in total. The quantitative estimate of drug-likeness (QED) is 0.853. The van der Waals surface area contributed by atoms with Crippen LogP contribution in [0.3, 0.4) is 0 Å². The van der Waals surface area contributed by atoms with Crippen LogP contribution in [0.2, 0.25) is 5.02 Å². The highest BCUT2D eigenvalue weighted by Crippen LogP contribution is 2.21. The van der Waals surface area contributed by atoms with Crippen LogP contribution in [0, 0.1) is 13.8 Å². The summed E-state index contributed by atoms with van der Waals surface area (Å²) in [6.45, 7) is 4.58. The molecule has 0 saturated carbocycles. The van der Waals surface area contributed by atoms with Gasteiger partial charge in [-0.2, -0.15) is 0 Å². The minimum Gasteiger partial charge on any atom is -0.465 e. The second kappa shape index (κ2) is 6.64. The summed E-state index contributed by atoms with van der Waals surface area (Å²) < 4.78 is 4.83. The zero-order valence-corrected chi connectivity index (χ0v) is 13.1. The zero-order chi connectivity index (χ0) is 15.4. The van der Waals surface area contributed by atoms with Crippen LogP contribution < -0.4 is 5.32 Å². The summed E-state index contributed by atoms with van der Waals surface area (Å²) in [5, 5.41) is 4.01. The van der Waals surface area contributed by atoms with Crippen molar-refractivity contribution in [2.75, 3.05) is 12.4 Å². The third-order valence-corrected chi connectivity index (χ3v) is 3.59. The van der Waals surface area contributed by atoms with Gasteiger partial charge in [0.15, 0.2) is 0 Å². The van der Waals surface area contributed by atoms with E-state index < -0.39 is 0 Å². The number of anilines is 1. The molecule has 2 aromatic carbocycles. The Labute approximate surface area is 129 Å². The second-order valence-electron chi connectivity index (χ2n) is 4.96. The number of nitrogens with one attached hydrogen (secondary N) is 1. The molecule has 0 aliphatic heterocycles. The normalized spacial score (nSPS) is 10.3. The second-order valence-corrected chi connectivity index (χ2v) is 5.40. The molecule has 0 radical (unpaired) electrons. The number of hydrogen-bond acceptors (Lipinski definition) is 3. The Hall–Kier alpha value is -2.00. The van der Waals surface area contributed by atoms with E-state index in [0.717, 1.165) is 27.4 Å². The molecule has 0 spiro atoms. The molecule has 0 aliphatic carbocycles. The highest BCUT2D eigenvalue weighted by Gasteiger charge is 2.12. The molecule has 4 heteroatoms. The predicted molar refractivity (Wildman–Crippen MR) is 86.0 cm³/mol. The van der Waals surface area contributed by atoms with Crippen molar-refractivity contribution in [2.45, 2.75) is 20.4 Å². The van der Waals surface area contributed by atoms with Crippen LogP contribution in [0.15, 0.2) is 36.4 Å². The lowest BCUT2D eigenvalue weighted by Crippen LogP contribution is -2.09. The Balaban J connectivity index is 2.21. The third-order valence-electron chi connectivity index (χ3n) is 3.35. The van der Waals surface area contributed by atoms with Crippen molar-refractivity contribution in [3.8, 4) is 0 Å². The van der Waals surface area contributed by atoms with Crippen molar-refractivity contribution in [1.82, 2.24) is 0 Å². The van der Waals surface area contributed by atoms with Gasteiger partial charge in [-0.1, -0.05) is 29.3 Å². The van der Waals surface area contributed by atoms with Gasteiger partial charge in [-0.3, -0.25) is 0 Å². The van der Waals surface area contributed by atoms with Gasteiger partial charge in [0.2, 0.25) is 0 Å². The minimum absolute atomic E-state index is 0.339. The number of benzene rings is 2. The summed E-state index contributed by atoms with van der Waals surface area (Å²) in [5.41, 5.74) is 4.58. The van der Waals surface area contributed by atoms with Gasteiger partial charge in [-0.05, 0) is 49.2 Å². The Morgan fingerprint density at radius 3 is 2.62 bits per heavy atom. The fourth-order valence-electron chi connectivity index (χ4n) is 2.14. The van der Waals surface area contributed by atoms with Gasteiger partial charge in [-0.15, -0.1) is 0 Å². The van der Waals surface area contributed by atoms with Gasteiger partial charge in [0.1, 0.15) is 0 Å². The van der Waals surface area contributed by atoms with Gasteiger partial charge in [0.05, 0.1) is 12.7 Å². The van der Waals surface area contributed by atoms with Crippen LogP contribution in [0.25, 0.3) is 0 Å². The standard InChI is InChI=1S/C17H18ClNO2/c1-11-4-7-16(15(8-11)17(20)21-3)19-10-13-5-6-14(18)9-12(13)2/h4-9,19H,10H2,1-3H3. The molecule has 0 amide bonds. The van der Waals surface area contributed by atoms with Crippen LogP contribution in [-0.2, 0) is 11.3 Å². The van der Waals surface area contributed by atoms with Crippen LogP contribution in [0.5, 0.6) is 0 Å². The maximum atomic E-state index is 11.8. The van der Waals surface area contributed by atoms with E-state index in [4.69, 9.17) is 16.3 Å². The molecular weight excluding hydrogens is 286 g/mol. The van der Waals surface area contributed by atoms with Crippen molar-refractivity contribution in [2.24, 2.45) is 0 Å². The van der Waals surface area contributed by atoms with Crippen molar-refractivity contribution < 1.29 is 9.53 Å². The van der Waals surface area contributed by atoms with E-state index >= 15 is 0 Å². The first-order chi connectivity index (χ1) is 10.0. The Morgan fingerprint density at radius 1 is 1.19 bits per heavy atom. The fourth-order valence-corrected chi connectivity index (χ4v) is 2.37. The van der Waals surface area contributed by atoms with Crippen molar-refractivity contribution in [3.05, 3.63) is 63.7 Å². The summed E-state index contributed by atoms with van der Waals surface area (Å²) >= 11 is 5.96. The topological polar surface area (TPSA) is 38.3 Å². The van der Waals surface area contributed by atoms with Crippen LogP contribution in [0.4, 0.5) is 5.69 Å². The van der Waals surface area contributed by atoms with E-state index in [1.54, 1.807) is 0 Å². The number of ether oxygens (including phenoxy) is 1. The summed E-state index contributed by atoms with van der Waals surface area (Å²) in [7, 11) is 1.39. The molecule has 0 aliphatic rings. The molecule has 0 saturated heterocycles. The molecule has 110 valence electrons. The number of aryl methyl sites for hydroxylation is 2. The van der Waals surface area contributed by atoms with Gasteiger partial charge < -0.3 is 10.1 Å². The van der Waals surface area contributed by atoms with Crippen LogP contribution in [0.1, 0.15) is 27.0 Å². The molecule has 2 aromatic rings. The maximum absolute atomic E-state index is 11.8. The van der Waals surface area contributed by atoms with E-state index in [1.165, 1.54) is 7.11 Å². The molecule has 0 aromatic heterocycles. The number of carbonyl (C=O) groups excluding carboxylic acids is 1. The van der Waals surface area contributed by atoms with E-state index in [9.17, 15) is 4.79 Å². The number of methoxy groups -OCH3 is 1. The monoisotopic (exact) mass is 303 g/mol. The first-order valence-corrected chi connectivity index (χ1v) is 7.07. The minimum atomic E-state index is -0.339. The van der Waals surface area contributed by atoms with E-state index in [2.05, 4.69) is 5.32 Å². The first-order valence-electron chi connectivity index (χ1n) is 6.69. The van der Waals surface area contributed by atoms with E-state index in [-0.39, 0.29) is 5.97 Å².